The van der Waals surface area contributed by atoms with Gasteiger partial charge < -0.3 is 10.2 Å². The van der Waals surface area contributed by atoms with Crippen molar-refractivity contribution in [2.45, 2.75) is 39.3 Å². The predicted octanol–water partition coefficient (Wildman–Crippen LogP) is 2.10. The highest BCUT2D eigenvalue weighted by molar-refractivity contribution is 5.74. The van der Waals surface area contributed by atoms with Gasteiger partial charge in [0.05, 0.1) is 0 Å². The number of pyridine rings is 1. The van der Waals surface area contributed by atoms with Gasteiger partial charge in [0.15, 0.2) is 0 Å². The van der Waals surface area contributed by atoms with Crippen LogP contribution in [0.3, 0.4) is 0 Å². The molecule has 0 spiro atoms. The second-order valence-electron chi connectivity index (χ2n) is 6.65. The molecule has 0 aliphatic carbocycles. The zero-order valence-electron chi connectivity index (χ0n) is 13.3. The molecule has 2 rings (SSSR count). The van der Waals surface area contributed by atoms with Crippen LogP contribution in [0.25, 0.3) is 0 Å². The van der Waals surface area contributed by atoms with Crippen LogP contribution in [0.15, 0.2) is 24.5 Å². The van der Waals surface area contributed by atoms with Crippen LogP contribution >= 0.6 is 0 Å². The van der Waals surface area contributed by atoms with Crippen LogP contribution in [-0.2, 0) is 6.54 Å². The van der Waals surface area contributed by atoms with Crippen molar-refractivity contribution in [1.29, 1.82) is 0 Å². The largest absolute Gasteiger partial charge is 0.333 e. The number of carbonyl (C=O) groups is 1. The molecule has 1 saturated heterocycles. The number of carbonyl (C=O) groups excluding carboxylic acids is 1. The van der Waals surface area contributed by atoms with Crippen LogP contribution in [0.5, 0.6) is 0 Å². The number of nitrogens with one attached hydrogen (secondary N) is 1. The fourth-order valence-electron chi connectivity index (χ4n) is 2.48. The molecule has 1 aromatic rings. The van der Waals surface area contributed by atoms with E-state index in [-0.39, 0.29) is 11.6 Å². The summed E-state index contributed by atoms with van der Waals surface area (Å²) in [5, 5.41) is 3.04. The number of rotatable bonds is 2. The molecule has 116 valence electrons. The first-order valence-electron chi connectivity index (χ1n) is 7.62. The van der Waals surface area contributed by atoms with Crippen LogP contribution < -0.4 is 5.32 Å². The van der Waals surface area contributed by atoms with Crippen molar-refractivity contribution in [3.63, 3.8) is 0 Å². The van der Waals surface area contributed by atoms with Crippen LogP contribution in [0.1, 0.15) is 32.8 Å². The number of urea groups is 1. The maximum atomic E-state index is 12.2. The van der Waals surface area contributed by atoms with Crippen molar-refractivity contribution in [2.75, 3.05) is 26.2 Å². The third kappa shape index (κ3) is 5.34. The van der Waals surface area contributed by atoms with Crippen molar-refractivity contribution in [3.05, 3.63) is 30.1 Å². The quantitative estimate of drug-likeness (QED) is 0.907. The van der Waals surface area contributed by atoms with Crippen molar-refractivity contribution >= 4 is 6.03 Å². The average molecular weight is 290 g/mol. The Morgan fingerprint density at radius 3 is 2.57 bits per heavy atom. The van der Waals surface area contributed by atoms with Crippen molar-refractivity contribution in [2.24, 2.45) is 0 Å². The molecule has 2 amide bonds. The smallest absolute Gasteiger partial charge is 0.317 e. The molecule has 0 radical (unpaired) electrons. The Kier molecular flexibility index (Phi) is 5.17. The molecule has 1 fully saturated rings. The van der Waals surface area contributed by atoms with Gasteiger partial charge in [-0.15, -0.1) is 0 Å². The normalized spacial score (nSPS) is 17.4. The highest BCUT2D eigenvalue weighted by Crippen LogP contribution is 2.09. The van der Waals surface area contributed by atoms with Gasteiger partial charge in [0.25, 0.3) is 0 Å². The second kappa shape index (κ2) is 6.89. The highest BCUT2D eigenvalue weighted by Gasteiger charge is 2.22. The van der Waals surface area contributed by atoms with Gasteiger partial charge in [-0.1, -0.05) is 0 Å². The molecule has 1 aliphatic rings. The zero-order valence-corrected chi connectivity index (χ0v) is 13.3. The molecule has 5 nitrogen and oxygen atoms in total. The van der Waals surface area contributed by atoms with Crippen molar-refractivity contribution < 1.29 is 4.79 Å². The van der Waals surface area contributed by atoms with Gasteiger partial charge in [0.2, 0.25) is 0 Å². The van der Waals surface area contributed by atoms with E-state index < -0.39 is 0 Å². The summed E-state index contributed by atoms with van der Waals surface area (Å²) < 4.78 is 0. The fourth-order valence-corrected chi connectivity index (χ4v) is 2.48. The Hall–Kier alpha value is -1.62. The average Bonchev–Trinajstić information content (AvgIpc) is 2.64. The summed E-state index contributed by atoms with van der Waals surface area (Å²) in [5.41, 5.74) is 1.10. The van der Waals surface area contributed by atoms with Crippen LogP contribution in [0.4, 0.5) is 4.79 Å². The molecule has 2 heterocycles. The molecule has 1 N–H and O–H groups in total. The first-order chi connectivity index (χ1) is 9.94. The molecule has 1 aliphatic heterocycles. The van der Waals surface area contributed by atoms with E-state index in [0.717, 1.165) is 39.1 Å². The van der Waals surface area contributed by atoms with E-state index in [2.05, 4.69) is 27.3 Å². The Morgan fingerprint density at radius 1 is 1.19 bits per heavy atom. The number of amides is 2. The summed E-state index contributed by atoms with van der Waals surface area (Å²) >= 11 is 0. The summed E-state index contributed by atoms with van der Waals surface area (Å²) in [7, 11) is 0. The zero-order chi connectivity index (χ0) is 15.3. The fraction of sp³-hybridized carbons (Fsp3) is 0.625. The summed E-state index contributed by atoms with van der Waals surface area (Å²) in [4.78, 5) is 20.6. The molecule has 5 heteroatoms. The Bertz CT molecular complexity index is 455. The van der Waals surface area contributed by atoms with Gasteiger partial charge in [-0.3, -0.25) is 9.88 Å². The van der Waals surface area contributed by atoms with Crippen molar-refractivity contribution in [3.8, 4) is 0 Å². The van der Waals surface area contributed by atoms with E-state index in [1.165, 1.54) is 5.56 Å². The molecule has 1 aromatic heterocycles. The molecule has 21 heavy (non-hydrogen) atoms. The molecule has 0 bridgehead atoms. The monoisotopic (exact) mass is 290 g/mol. The molecule has 0 aromatic carbocycles. The van der Waals surface area contributed by atoms with E-state index in [0.29, 0.717) is 0 Å². The first kappa shape index (κ1) is 15.8. The molecular weight excluding hydrogens is 264 g/mol. The SMILES string of the molecule is CC(C)(C)NC(=O)N1CCCN(Cc2ccncc2)CC1. The lowest BCUT2D eigenvalue weighted by Crippen LogP contribution is -2.49. The lowest BCUT2D eigenvalue weighted by molar-refractivity contribution is 0.188. The summed E-state index contributed by atoms with van der Waals surface area (Å²) in [6.45, 7) is 10.5. The van der Waals surface area contributed by atoms with Gasteiger partial charge in [0.1, 0.15) is 0 Å². The van der Waals surface area contributed by atoms with E-state index in [9.17, 15) is 4.79 Å². The summed E-state index contributed by atoms with van der Waals surface area (Å²) in [5.74, 6) is 0. The lowest BCUT2D eigenvalue weighted by atomic mass is 10.1. The number of aromatic nitrogens is 1. The van der Waals surface area contributed by atoms with E-state index in [1.807, 2.05) is 38.1 Å². The Labute approximate surface area is 127 Å². The maximum absolute atomic E-state index is 12.2. The summed E-state index contributed by atoms with van der Waals surface area (Å²) in [6.07, 6.45) is 4.68. The van der Waals surface area contributed by atoms with Gasteiger partial charge in [-0.2, -0.15) is 0 Å². The lowest BCUT2D eigenvalue weighted by Gasteiger charge is -2.27. The molecule has 0 saturated carbocycles. The van der Waals surface area contributed by atoms with Crippen LogP contribution in [0.2, 0.25) is 0 Å². The molecule has 0 unspecified atom stereocenters. The van der Waals surface area contributed by atoms with Crippen LogP contribution in [-0.4, -0.2) is 52.5 Å². The highest BCUT2D eigenvalue weighted by atomic mass is 16.2. The third-order valence-corrected chi connectivity index (χ3v) is 3.51. The van der Waals surface area contributed by atoms with E-state index >= 15 is 0 Å². The van der Waals surface area contributed by atoms with Gasteiger partial charge in [-0.25, -0.2) is 4.79 Å². The van der Waals surface area contributed by atoms with E-state index in [4.69, 9.17) is 0 Å². The first-order valence-corrected chi connectivity index (χ1v) is 7.62. The standard InChI is InChI=1S/C16H26N4O/c1-16(2,3)18-15(21)20-10-4-9-19(11-12-20)13-14-5-7-17-8-6-14/h5-8H,4,9-13H2,1-3H3,(H,18,21). The van der Waals surface area contributed by atoms with Crippen LogP contribution in [0, 0.1) is 0 Å². The van der Waals surface area contributed by atoms with Gasteiger partial charge in [0, 0.05) is 50.7 Å². The molecule has 0 atom stereocenters. The predicted molar refractivity (Wildman–Crippen MR) is 84.0 cm³/mol. The minimum atomic E-state index is -0.180. The number of hydrogen-bond acceptors (Lipinski definition) is 3. The Balaban J connectivity index is 1.86. The molecular formula is C16H26N4O. The minimum absolute atomic E-state index is 0.0493. The maximum Gasteiger partial charge on any atom is 0.317 e. The third-order valence-electron chi connectivity index (χ3n) is 3.51. The Morgan fingerprint density at radius 2 is 1.90 bits per heavy atom. The number of nitrogens with zero attached hydrogens (tertiary/aromatic N) is 3. The van der Waals surface area contributed by atoms with Gasteiger partial charge >= 0.3 is 6.03 Å². The number of hydrogen-bond donors (Lipinski definition) is 1. The minimum Gasteiger partial charge on any atom is -0.333 e. The summed E-state index contributed by atoms with van der Waals surface area (Å²) in [6, 6.07) is 4.15. The van der Waals surface area contributed by atoms with E-state index in [1.54, 1.807) is 0 Å². The second-order valence-corrected chi connectivity index (χ2v) is 6.65. The topological polar surface area (TPSA) is 48.5 Å². The van der Waals surface area contributed by atoms with Gasteiger partial charge in [-0.05, 0) is 44.9 Å². The van der Waals surface area contributed by atoms with Crippen molar-refractivity contribution in [1.82, 2.24) is 20.1 Å².